The average molecular weight is 273 g/mol. The second-order valence-electron chi connectivity index (χ2n) is 4.73. The van der Waals surface area contributed by atoms with Crippen LogP contribution in [0, 0.1) is 0 Å². The fourth-order valence-electron chi connectivity index (χ4n) is 2.03. The zero-order valence-electron chi connectivity index (χ0n) is 11.5. The van der Waals surface area contributed by atoms with Crippen LogP contribution in [0.25, 0.3) is 10.9 Å². The molecule has 0 aliphatic heterocycles. The maximum atomic E-state index is 11.7. The minimum absolute atomic E-state index is 0.0503. The number of nitrogens with zero attached hydrogens (tertiary/aromatic N) is 1. The predicted octanol–water partition coefficient (Wildman–Crippen LogP) is 1.80. The quantitative estimate of drug-likeness (QED) is 0.777. The van der Waals surface area contributed by atoms with Gasteiger partial charge in [-0.25, -0.2) is 4.79 Å². The molecule has 1 aromatic heterocycles. The first-order valence-corrected chi connectivity index (χ1v) is 6.68. The summed E-state index contributed by atoms with van der Waals surface area (Å²) in [4.78, 5) is 16.1. The van der Waals surface area contributed by atoms with E-state index in [1.807, 2.05) is 37.3 Å². The Kier molecular flexibility index (Phi) is 4.90. The number of carbonyl (C=O) groups excluding carboxylic acids is 1. The van der Waals surface area contributed by atoms with Gasteiger partial charge in [-0.3, -0.25) is 4.98 Å². The highest BCUT2D eigenvalue weighted by Gasteiger charge is 2.07. The molecule has 5 heteroatoms. The third kappa shape index (κ3) is 3.68. The van der Waals surface area contributed by atoms with Crippen LogP contribution in [-0.4, -0.2) is 28.8 Å². The molecular formula is C15H19N3O2. The van der Waals surface area contributed by atoms with Crippen molar-refractivity contribution in [1.29, 1.82) is 0 Å². The lowest BCUT2D eigenvalue weighted by Gasteiger charge is -2.13. The lowest BCUT2D eigenvalue weighted by Crippen LogP contribution is -2.40. The molecule has 0 unspecified atom stereocenters. The molecule has 0 bridgehead atoms. The van der Waals surface area contributed by atoms with E-state index in [0.29, 0.717) is 13.0 Å². The Labute approximate surface area is 118 Å². The molecule has 1 atom stereocenters. The van der Waals surface area contributed by atoms with Crippen molar-refractivity contribution in [2.45, 2.75) is 25.9 Å². The molecule has 2 aromatic rings. The van der Waals surface area contributed by atoms with E-state index in [2.05, 4.69) is 15.6 Å². The zero-order chi connectivity index (χ0) is 14.4. The van der Waals surface area contributed by atoms with Gasteiger partial charge >= 0.3 is 6.03 Å². The van der Waals surface area contributed by atoms with Crippen molar-refractivity contribution in [2.75, 3.05) is 6.61 Å². The molecule has 2 rings (SSSR count). The summed E-state index contributed by atoms with van der Waals surface area (Å²) in [5.41, 5.74) is 1.88. The van der Waals surface area contributed by atoms with Gasteiger partial charge in [0.1, 0.15) is 0 Å². The Morgan fingerprint density at radius 3 is 2.95 bits per heavy atom. The number of fused-ring (bicyclic) bond motifs is 1. The molecule has 20 heavy (non-hydrogen) atoms. The number of urea groups is 1. The highest BCUT2D eigenvalue weighted by atomic mass is 16.3. The molecule has 3 N–H and O–H groups in total. The fourth-order valence-corrected chi connectivity index (χ4v) is 2.03. The van der Waals surface area contributed by atoms with Gasteiger partial charge in [-0.15, -0.1) is 0 Å². The van der Waals surface area contributed by atoms with Crippen molar-refractivity contribution in [2.24, 2.45) is 0 Å². The van der Waals surface area contributed by atoms with Gasteiger partial charge in [0.15, 0.2) is 0 Å². The van der Waals surface area contributed by atoms with Gasteiger partial charge in [-0.2, -0.15) is 0 Å². The summed E-state index contributed by atoms with van der Waals surface area (Å²) in [6, 6.07) is 9.50. The van der Waals surface area contributed by atoms with Gasteiger partial charge in [0.25, 0.3) is 0 Å². The van der Waals surface area contributed by atoms with Crippen LogP contribution in [0.4, 0.5) is 4.79 Å². The number of hydrogen-bond acceptors (Lipinski definition) is 3. The Bertz CT molecular complexity index is 581. The molecule has 0 aliphatic carbocycles. The molecule has 0 aliphatic rings. The monoisotopic (exact) mass is 273 g/mol. The molecule has 5 nitrogen and oxygen atoms in total. The van der Waals surface area contributed by atoms with Crippen molar-refractivity contribution >= 4 is 16.9 Å². The van der Waals surface area contributed by atoms with Gasteiger partial charge in [0.2, 0.25) is 0 Å². The van der Waals surface area contributed by atoms with Crippen LogP contribution in [0.5, 0.6) is 0 Å². The second kappa shape index (κ2) is 6.86. The summed E-state index contributed by atoms with van der Waals surface area (Å²) in [6.45, 7) is 2.34. The van der Waals surface area contributed by atoms with E-state index in [-0.39, 0.29) is 18.7 Å². The summed E-state index contributed by atoms with van der Waals surface area (Å²) >= 11 is 0. The van der Waals surface area contributed by atoms with Crippen LogP contribution >= 0.6 is 0 Å². The van der Waals surface area contributed by atoms with Crippen molar-refractivity contribution in [1.82, 2.24) is 15.6 Å². The van der Waals surface area contributed by atoms with Crippen molar-refractivity contribution in [3.05, 3.63) is 42.1 Å². The minimum atomic E-state index is -0.237. The van der Waals surface area contributed by atoms with E-state index in [9.17, 15) is 4.79 Å². The largest absolute Gasteiger partial charge is 0.396 e. The number of aliphatic hydroxyl groups is 1. The van der Waals surface area contributed by atoms with E-state index >= 15 is 0 Å². The average Bonchev–Trinajstić information content (AvgIpc) is 2.45. The predicted molar refractivity (Wildman–Crippen MR) is 78.3 cm³/mol. The maximum Gasteiger partial charge on any atom is 0.315 e. The number of aliphatic hydroxyl groups excluding tert-OH is 1. The normalized spacial score (nSPS) is 12.1. The zero-order valence-corrected chi connectivity index (χ0v) is 11.5. The van der Waals surface area contributed by atoms with Crippen molar-refractivity contribution in [3.8, 4) is 0 Å². The van der Waals surface area contributed by atoms with Gasteiger partial charge in [0, 0.05) is 30.8 Å². The first-order chi connectivity index (χ1) is 9.70. The molecule has 0 fully saturated rings. The second-order valence-corrected chi connectivity index (χ2v) is 4.73. The Hall–Kier alpha value is -2.14. The maximum absolute atomic E-state index is 11.7. The summed E-state index contributed by atoms with van der Waals surface area (Å²) in [5, 5.41) is 15.4. The Balaban J connectivity index is 1.97. The molecule has 0 radical (unpaired) electrons. The Morgan fingerprint density at radius 2 is 2.15 bits per heavy atom. The topological polar surface area (TPSA) is 74.2 Å². The van der Waals surface area contributed by atoms with Crippen LogP contribution in [0.3, 0.4) is 0 Å². The standard InChI is InChI=1S/C15H19N3O2/c1-11(7-9-19)18-15(20)17-10-13-5-2-4-12-6-3-8-16-14(12)13/h2-6,8,11,19H,7,9-10H2,1H3,(H2,17,18,20)/t11-/m1/s1. The van der Waals surface area contributed by atoms with E-state index in [0.717, 1.165) is 16.5 Å². The molecule has 1 aromatic carbocycles. The third-order valence-corrected chi connectivity index (χ3v) is 3.10. The minimum Gasteiger partial charge on any atom is -0.396 e. The lowest BCUT2D eigenvalue weighted by molar-refractivity contribution is 0.230. The molecule has 0 spiro atoms. The van der Waals surface area contributed by atoms with Crippen LogP contribution in [0.15, 0.2) is 36.5 Å². The number of rotatable bonds is 5. The SMILES string of the molecule is C[C@H](CCO)NC(=O)NCc1cccc2cccnc12. The molecule has 0 saturated heterocycles. The molecule has 2 amide bonds. The summed E-state index contributed by atoms with van der Waals surface area (Å²) < 4.78 is 0. The van der Waals surface area contributed by atoms with Crippen LogP contribution < -0.4 is 10.6 Å². The molecular weight excluding hydrogens is 254 g/mol. The summed E-state index contributed by atoms with van der Waals surface area (Å²) in [6.07, 6.45) is 2.29. The van der Waals surface area contributed by atoms with Crippen molar-refractivity contribution in [3.63, 3.8) is 0 Å². The third-order valence-electron chi connectivity index (χ3n) is 3.10. The van der Waals surface area contributed by atoms with Gasteiger partial charge in [-0.1, -0.05) is 24.3 Å². The van der Waals surface area contributed by atoms with E-state index in [1.165, 1.54) is 0 Å². The van der Waals surface area contributed by atoms with Crippen molar-refractivity contribution < 1.29 is 9.90 Å². The number of carbonyl (C=O) groups is 1. The first kappa shape index (κ1) is 14.3. The fraction of sp³-hybridized carbons (Fsp3) is 0.333. The van der Waals surface area contributed by atoms with Crippen LogP contribution in [0.2, 0.25) is 0 Å². The highest BCUT2D eigenvalue weighted by molar-refractivity contribution is 5.82. The molecule has 106 valence electrons. The number of pyridine rings is 1. The molecule has 0 saturated carbocycles. The smallest absolute Gasteiger partial charge is 0.315 e. The number of benzene rings is 1. The molecule has 1 heterocycles. The highest BCUT2D eigenvalue weighted by Crippen LogP contribution is 2.15. The van der Waals surface area contributed by atoms with Gasteiger partial charge in [0.05, 0.1) is 5.52 Å². The number of aromatic nitrogens is 1. The summed E-state index contributed by atoms with van der Waals surface area (Å²) in [7, 11) is 0. The lowest BCUT2D eigenvalue weighted by atomic mass is 10.1. The summed E-state index contributed by atoms with van der Waals surface area (Å²) in [5.74, 6) is 0. The Morgan fingerprint density at radius 1 is 1.35 bits per heavy atom. The van der Waals surface area contributed by atoms with E-state index < -0.39 is 0 Å². The van der Waals surface area contributed by atoms with Crippen LogP contribution in [-0.2, 0) is 6.54 Å². The number of nitrogens with one attached hydrogen (secondary N) is 2. The number of hydrogen-bond donors (Lipinski definition) is 3. The first-order valence-electron chi connectivity index (χ1n) is 6.68. The number of para-hydroxylation sites is 1. The van der Waals surface area contributed by atoms with Crippen LogP contribution in [0.1, 0.15) is 18.9 Å². The van der Waals surface area contributed by atoms with E-state index in [1.54, 1.807) is 6.20 Å². The number of amides is 2. The van der Waals surface area contributed by atoms with Gasteiger partial charge in [-0.05, 0) is 25.0 Å². The van der Waals surface area contributed by atoms with E-state index in [4.69, 9.17) is 5.11 Å². The van der Waals surface area contributed by atoms with Gasteiger partial charge < -0.3 is 15.7 Å².